The summed E-state index contributed by atoms with van der Waals surface area (Å²) < 4.78 is 45.5. The molecular formula is C27H35N9O14P2S. The largest absolute Gasteiger partial charge is 0.481 e. The molecule has 3 unspecified atom stereocenters. The Hall–Kier alpha value is -3.45. The van der Waals surface area contributed by atoms with Crippen molar-refractivity contribution < 1.29 is 67.3 Å². The number of hydrogen-bond acceptors (Lipinski definition) is 20. The molecule has 288 valence electrons. The third-order valence-electron chi connectivity index (χ3n) is 8.47. The molecule has 3 aliphatic heterocycles. The summed E-state index contributed by atoms with van der Waals surface area (Å²) in [6.45, 7) is 1.07. The van der Waals surface area contributed by atoms with Gasteiger partial charge in [0.2, 0.25) is 0 Å². The van der Waals surface area contributed by atoms with Crippen molar-refractivity contribution in [1.29, 1.82) is 0 Å². The molecule has 1 aromatic carbocycles. The highest BCUT2D eigenvalue weighted by Crippen LogP contribution is 2.60. The Morgan fingerprint density at radius 3 is 2.47 bits per heavy atom. The molecule has 0 radical (unpaired) electrons. The highest BCUT2D eigenvalue weighted by atomic mass is 32.1. The number of hydrogen-bond donors (Lipinski definition) is 10. The van der Waals surface area contributed by atoms with E-state index < -0.39 is 89.7 Å². The molecule has 10 N–H and O–H groups in total. The fourth-order valence-corrected chi connectivity index (χ4v) is 7.95. The summed E-state index contributed by atoms with van der Waals surface area (Å²) in [5.41, 5.74) is 7.55. The number of aryl methyl sites for hydroxylation is 2. The lowest BCUT2D eigenvalue weighted by Gasteiger charge is -2.36. The number of benzene rings is 1. The summed E-state index contributed by atoms with van der Waals surface area (Å²) >= 11 is 4.19. The number of carbonyl (C=O) groups is 1. The molecule has 3 aromatic rings. The van der Waals surface area contributed by atoms with Crippen molar-refractivity contribution in [3.05, 3.63) is 35.9 Å². The number of aliphatic hydroxyl groups is 5. The number of phosphoric acid groups is 2. The van der Waals surface area contributed by atoms with Gasteiger partial charge in [0.25, 0.3) is 5.91 Å². The van der Waals surface area contributed by atoms with Crippen molar-refractivity contribution >= 4 is 74.1 Å². The summed E-state index contributed by atoms with van der Waals surface area (Å²) in [6.07, 6.45) is -9.66. The minimum absolute atomic E-state index is 0.0315. The van der Waals surface area contributed by atoms with Gasteiger partial charge in [-0.25, -0.2) is 34.1 Å². The van der Waals surface area contributed by atoms with Crippen LogP contribution in [-0.4, -0.2) is 134 Å². The first-order chi connectivity index (χ1) is 24.9. The van der Waals surface area contributed by atoms with E-state index in [9.17, 15) is 49.2 Å². The third-order valence-corrected chi connectivity index (χ3v) is 11.3. The lowest BCUT2D eigenvalue weighted by atomic mass is 10.0. The number of fused-ring (bicyclic) bond motifs is 3. The second-order valence-corrected chi connectivity index (χ2v) is 15.7. The summed E-state index contributed by atoms with van der Waals surface area (Å²) in [5, 5.41) is 55.7. The van der Waals surface area contributed by atoms with Gasteiger partial charge in [-0.2, -0.15) is 4.31 Å². The van der Waals surface area contributed by atoms with E-state index in [1.165, 1.54) is 15.8 Å². The molecule has 53 heavy (non-hydrogen) atoms. The van der Waals surface area contributed by atoms with Gasteiger partial charge in [0, 0.05) is 0 Å². The molecule has 23 nitrogen and oxygen atoms in total. The standard InChI is InChI=1S/C27H35N9O14P2S/c1-10-3-12-13(4-11(10)2)35(24-18(32-12)25(42)34-27(53)33-24)5-14(37)19(39)15(38)6-47-51(43,44)50-52(45,46)48-7-16-20(40)21(41)26(49-16)36-9-31-17-22(28)29-8-30-23(17)36/h3-4,8-9,14-16,19-21,26-27,37-41,53H,5-7H2,1-2H3,(H,34,42)(H,43,44)(H,45,46)(H2,28,29,30)/t14-,15+,16+,19-,20+,21+,26+,27?/m0/s1. The van der Waals surface area contributed by atoms with Gasteiger partial charge < -0.3 is 56.0 Å². The Balaban J connectivity index is 1.04. The fourth-order valence-electron chi connectivity index (χ4n) is 5.62. The van der Waals surface area contributed by atoms with Crippen LogP contribution in [0.15, 0.2) is 34.8 Å². The number of anilines is 2. The number of imidazole rings is 1. The third kappa shape index (κ3) is 8.16. The molecule has 10 atom stereocenters. The molecule has 1 saturated heterocycles. The van der Waals surface area contributed by atoms with Gasteiger partial charge in [-0.3, -0.25) is 18.4 Å². The van der Waals surface area contributed by atoms with Gasteiger partial charge in [0.15, 0.2) is 34.7 Å². The monoisotopic (exact) mass is 803 g/mol. The van der Waals surface area contributed by atoms with Crippen molar-refractivity contribution in [2.75, 3.05) is 30.4 Å². The fraction of sp³-hybridized carbons (Fsp3) is 0.481. The molecule has 26 heteroatoms. The van der Waals surface area contributed by atoms with Crippen molar-refractivity contribution in [2.24, 2.45) is 9.98 Å². The Labute approximate surface area is 304 Å². The highest BCUT2D eigenvalue weighted by Gasteiger charge is 2.46. The number of β-amino-alcohol motifs (C(OH)–C–C–N with tert-alkyl or cyclic N) is 1. The average Bonchev–Trinajstić information content (AvgIpc) is 3.63. The number of rotatable bonds is 13. The van der Waals surface area contributed by atoms with E-state index >= 15 is 0 Å². The number of aliphatic imine (C=N–C) groups is 2. The lowest BCUT2D eigenvalue weighted by molar-refractivity contribution is -0.114. The van der Waals surface area contributed by atoms with Crippen molar-refractivity contribution in [1.82, 2.24) is 24.8 Å². The number of amidine groups is 1. The zero-order valence-corrected chi connectivity index (χ0v) is 30.3. The quantitative estimate of drug-likeness (QED) is 0.0681. The van der Waals surface area contributed by atoms with Crippen LogP contribution < -0.4 is 16.0 Å². The van der Waals surface area contributed by atoms with Crippen LogP contribution in [0.2, 0.25) is 0 Å². The number of carbonyl (C=O) groups excluding carboxylic acids is 1. The number of aromatic nitrogens is 4. The van der Waals surface area contributed by atoms with Gasteiger partial charge >= 0.3 is 15.6 Å². The van der Waals surface area contributed by atoms with Gasteiger partial charge in [0.05, 0.1) is 37.5 Å². The number of nitrogens with zero attached hydrogens (tertiary/aromatic N) is 7. The number of aliphatic hydroxyl groups excluding tert-OH is 5. The average molecular weight is 804 g/mol. The van der Waals surface area contributed by atoms with Gasteiger partial charge in [0.1, 0.15) is 48.5 Å². The Bertz CT molecular complexity index is 2070. The Kier molecular flexibility index (Phi) is 11.1. The maximum Gasteiger partial charge on any atom is 0.481 e. The predicted molar refractivity (Wildman–Crippen MR) is 185 cm³/mol. The smallest absolute Gasteiger partial charge is 0.388 e. The summed E-state index contributed by atoms with van der Waals surface area (Å²) in [6, 6.07) is 3.45. The van der Waals surface area contributed by atoms with Crippen LogP contribution in [0.3, 0.4) is 0 Å². The number of phosphoric ester groups is 2. The first kappa shape index (κ1) is 39.2. The van der Waals surface area contributed by atoms with E-state index in [-0.39, 0.29) is 28.5 Å². The summed E-state index contributed by atoms with van der Waals surface area (Å²) in [5.74, 6) is -0.520. The number of nitrogens with one attached hydrogen (secondary N) is 1. The topological polar surface area (TPSA) is 339 Å². The maximum atomic E-state index is 12.7. The van der Waals surface area contributed by atoms with E-state index in [0.717, 1.165) is 17.5 Å². The molecule has 0 bridgehead atoms. The molecule has 3 aliphatic rings. The normalized spacial score (nSPS) is 26.8. The molecular weight excluding hydrogens is 768 g/mol. The molecule has 2 aromatic heterocycles. The zero-order valence-electron chi connectivity index (χ0n) is 27.6. The number of thiol groups is 1. The van der Waals surface area contributed by atoms with Crippen LogP contribution >= 0.6 is 28.3 Å². The molecule has 6 rings (SSSR count). The van der Waals surface area contributed by atoms with Crippen LogP contribution in [0.4, 0.5) is 17.2 Å². The number of amides is 1. The summed E-state index contributed by atoms with van der Waals surface area (Å²) in [4.78, 5) is 54.9. The van der Waals surface area contributed by atoms with Gasteiger partial charge in [-0.05, 0) is 37.1 Å². The van der Waals surface area contributed by atoms with Crippen molar-refractivity contribution in [3.63, 3.8) is 0 Å². The number of nitrogens with two attached hydrogens (primary N) is 1. The maximum absolute atomic E-state index is 12.7. The van der Waals surface area contributed by atoms with Gasteiger partial charge in [-0.1, -0.05) is 0 Å². The van der Waals surface area contributed by atoms with E-state index in [1.54, 1.807) is 12.1 Å². The van der Waals surface area contributed by atoms with E-state index in [0.29, 0.717) is 11.4 Å². The van der Waals surface area contributed by atoms with Crippen LogP contribution in [0.25, 0.3) is 11.2 Å². The van der Waals surface area contributed by atoms with E-state index in [4.69, 9.17) is 15.0 Å². The summed E-state index contributed by atoms with van der Waals surface area (Å²) in [7, 11) is -11.0. The van der Waals surface area contributed by atoms with E-state index in [2.05, 4.69) is 51.7 Å². The minimum Gasteiger partial charge on any atom is -0.388 e. The second kappa shape index (κ2) is 15.0. The van der Waals surface area contributed by atoms with Crippen LogP contribution in [-0.2, 0) is 32.0 Å². The first-order valence-corrected chi connectivity index (χ1v) is 19.1. The van der Waals surface area contributed by atoms with Crippen molar-refractivity contribution in [3.8, 4) is 0 Å². The van der Waals surface area contributed by atoms with Gasteiger partial charge in [-0.15, -0.1) is 12.6 Å². The van der Waals surface area contributed by atoms with Crippen LogP contribution in [0.5, 0.6) is 0 Å². The van der Waals surface area contributed by atoms with Crippen molar-refractivity contribution in [2.45, 2.75) is 62.2 Å². The second-order valence-electron chi connectivity index (χ2n) is 12.2. The van der Waals surface area contributed by atoms with E-state index in [1.807, 2.05) is 13.8 Å². The highest BCUT2D eigenvalue weighted by molar-refractivity contribution is 7.80. The first-order valence-electron chi connectivity index (χ1n) is 15.5. The van der Waals surface area contributed by atoms with Crippen LogP contribution in [0, 0.1) is 13.8 Å². The number of ether oxygens (including phenoxy) is 1. The zero-order chi connectivity index (χ0) is 38.6. The lowest BCUT2D eigenvalue weighted by Crippen LogP contribution is -2.55. The molecule has 5 heterocycles. The molecule has 0 spiro atoms. The molecule has 1 fully saturated rings. The SMILES string of the molecule is Cc1cc2c(cc1C)N(C[C@H](O)[C@H](O)[C@H](O)COP(=O)(O)OP(=O)(O)OC[C@H]1O[C@@H](n3cnc4c(N)ncnc43)[C@H](O)[C@@H]1O)C1=NC(S)NC(=O)C1=N2. The Morgan fingerprint density at radius 1 is 1.04 bits per heavy atom. The Morgan fingerprint density at radius 2 is 1.74 bits per heavy atom. The minimum atomic E-state index is -5.51. The molecule has 1 amide bonds. The molecule has 0 aliphatic carbocycles. The predicted octanol–water partition coefficient (Wildman–Crippen LogP) is -1.69. The number of nitrogen functional groups attached to an aromatic ring is 1. The van der Waals surface area contributed by atoms with Crippen LogP contribution in [0.1, 0.15) is 17.4 Å². The molecule has 0 saturated carbocycles.